The second kappa shape index (κ2) is 6.60. The first kappa shape index (κ1) is 14.6. The fourth-order valence-corrected chi connectivity index (χ4v) is 2.10. The van der Waals surface area contributed by atoms with Crippen molar-refractivity contribution in [3.63, 3.8) is 0 Å². The van der Waals surface area contributed by atoms with Crippen LogP contribution in [0.25, 0.3) is 6.08 Å². The summed E-state index contributed by atoms with van der Waals surface area (Å²) in [5.74, 6) is 0.0142. The molecule has 0 radical (unpaired) electrons. The van der Waals surface area contributed by atoms with Crippen LogP contribution in [0.15, 0.2) is 48.5 Å². The molecule has 2 rings (SSSR count). The molecule has 20 heavy (non-hydrogen) atoms. The highest BCUT2D eigenvalue weighted by molar-refractivity contribution is 6.37. The second-order valence-electron chi connectivity index (χ2n) is 4.20. The molecule has 0 heterocycles. The molecule has 0 amide bonds. The van der Waals surface area contributed by atoms with E-state index in [1.807, 2.05) is 19.1 Å². The van der Waals surface area contributed by atoms with Crippen LogP contribution < -0.4 is 4.74 Å². The van der Waals surface area contributed by atoms with Crippen molar-refractivity contribution in [1.29, 1.82) is 0 Å². The zero-order valence-corrected chi connectivity index (χ0v) is 12.3. The number of carbonyl (C=O) groups is 1. The normalized spacial score (nSPS) is 10.8. The smallest absolute Gasteiger partial charge is 0.336 e. The molecule has 0 aromatic heterocycles. The van der Waals surface area contributed by atoms with Crippen molar-refractivity contribution in [1.82, 2.24) is 0 Å². The third kappa shape index (κ3) is 3.86. The lowest BCUT2D eigenvalue weighted by Gasteiger charge is -2.02. The number of aryl methyl sites for hydroxylation is 1. The van der Waals surface area contributed by atoms with Crippen LogP contribution in [0.4, 0.5) is 0 Å². The predicted octanol–water partition coefficient (Wildman–Crippen LogP) is 4.92. The van der Waals surface area contributed by atoms with E-state index in [4.69, 9.17) is 27.9 Å². The summed E-state index contributed by atoms with van der Waals surface area (Å²) >= 11 is 12.0. The molecule has 4 heteroatoms. The lowest BCUT2D eigenvalue weighted by molar-refractivity contribution is -0.128. The van der Waals surface area contributed by atoms with E-state index in [1.54, 1.807) is 36.4 Å². The molecule has 2 aromatic carbocycles. The van der Waals surface area contributed by atoms with E-state index >= 15 is 0 Å². The van der Waals surface area contributed by atoms with Crippen LogP contribution in [0.5, 0.6) is 5.75 Å². The standard InChI is InChI=1S/C16H12Cl2O2/c1-11-5-7-12(8-6-11)20-16(19)10-9-13-14(17)3-2-4-15(13)18/h2-10H,1H3/b10-9+. The quantitative estimate of drug-likeness (QED) is 0.457. The SMILES string of the molecule is Cc1ccc(OC(=O)/C=C/c2c(Cl)cccc2Cl)cc1. The minimum absolute atomic E-state index is 0.482. The zero-order chi connectivity index (χ0) is 14.5. The second-order valence-corrected chi connectivity index (χ2v) is 5.02. The predicted molar refractivity (Wildman–Crippen MR) is 82.3 cm³/mol. The summed E-state index contributed by atoms with van der Waals surface area (Å²) in [5.41, 5.74) is 1.69. The van der Waals surface area contributed by atoms with Gasteiger partial charge in [-0.05, 0) is 37.3 Å². The number of esters is 1. The van der Waals surface area contributed by atoms with Crippen molar-refractivity contribution in [3.05, 3.63) is 69.7 Å². The first-order valence-electron chi connectivity index (χ1n) is 5.97. The number of rotatable bonds is 3. The Labute approximate surface area is 127 Å². The summed E-state index contributed by atoms with van der Waals surface area (Å²) in [4.78, 5) is 11.7. The molecule has 0 unspecified atom stereocenters. The van der Waals surface area contributed by atoms with Crippen LogP contribution >= 0.6 is 23.2 Å². The Hall–Kier alpha value is -1.77. The summed E-state index contributed by atoms with van der Waals surface area (Å²) in [5, 5.41) is 0.966. The summed E-state index contributed by atoms with van der Waals surface area (Å²) in [6.07, 6.45) is 2.84. The van der Waals surface area contributed by atoms with Gasteiger partial charge in [0.1, 0.15) is 5.75 Å². The van der Waals surface area contributed by atoms with Gasteiger partial charge in [0, 0.05) is 21.7 Å². The van der Waals surface area contributed by atoms with Crippen molar-refractivity contribution in [3.8, 4) is 5.75 Å². The van der Waals surface area contributed by atoms with Crippen LogP contribution in [0.2, 0.25) is 10.0 Å². The van der Waals surface area contributed by atoms with E-state index in [9.17, 15) is 4.79 Å². The van der Waals surface area contributed by atoms with Crippen LogP contribution in [0.3, 0.4) is 0 Å². The number of hydrogen-bond donors (Lipinski definition) is 0. The Kier molecular flexibility index (Phi) is 4.83. The average molecular weight is 307 g/mol. The lowest BCUT2D eigenvalue weighted by Crippen LogP contribution is -2.03. The van der Waals surface area contributed by atoms with E-state index in [-0.39, 0.29) is 0 Å². The summed E-state index contributed by atoms with van der Waals surface area (Å²) < 4.78 is 5.16. The maximum atomic E-state index is 11.7. The third-order valence-corrected chi connectivity index (χ3v) is 3.28. The fraction of sp³-hybridized carbons (Fsp3) is 0.0625. The van der Waals surface area contributed by atoms with Crippen molar-refractivity contribution >= 4 is 35.2 Å². The molecule has 2 nitrogen and oxygen atoms in total. The van der Waals surface area contributed by atoms with Crippen molar-refractivity contribution in [2.75, 3.05) is 0 Å². The molecule has 0 aliphatic rings. The Morgan fingerprint density at radius 2 is 1.65 bits per heavy atom. The van der Waals surface area contributed by atoms with Crippen molar-refractivity contribution in [2.45, 2.75) is 6.92 Å². The Morgan fingerprint density at radius 3 is 2.25 bits per heavy atom. The van der Waals surface area contributed by atoms with Crippen LogP contribution in [-0.2, 0) is 4.79 Å². The van der Waals surface area contributed by atoms with Gasteiger partial charge in [0.2, 0.25) is 0 Å². The minimum atomic E-state index is -0.482. The van der Waals surface area contributed by atoms with Crippen LogP contribution in [0, 0.1) is 6.92 Å². The highest BCUT2D eigenvalue weighted by atomic mass is 35.5. The average Bonchev–Trinajstić information content (AvgIpc) is 2.41. The van der Waals surface area contributed by atoms with E-state index in [0.29, 0.717) is 21.4 Å². The van der Waals surface area contributed by atoms with Gasteiger partial charge in [-0.25, -0.2) is 4.79 Å². The number of halogens is 2. The van der Waals surface area contributed by atoms with Gasteiger partial charge in [-0.15, -0.1) is 0 Å². The molecule has 0 saturated heterocycles. The Morgan fingerprint density at radius 1 is 1.05 bits per heavy atom. The summed E-state index contributed by atoms with van der Waals surface area (Å²) in [6, 6.07) is 12.4. The molecule has 0 bridgehead atoms. The number of ether oxygens (including phenoxy) is 1. The monoisotopic (exact) mass is 306 g/mol. The van der Waals surface area contributed by atoms with Crippen LogP contribution in [-0.4, -0.2) is 5.97 Å². The first-order valence-corrected chi connectivity index (χ1v) is 6.72. The molecule has 2 aromatic rings. The molecular weight excluding hydrogens is 295 g/mol. The maximum Gasteiger partial charge on any atom is 0.336 e. The molecule has 0 atom stereocenters. The Bertz CT molecular complexity index is 626. The topological polar surface area (TPSA) is 26.3 Å². The zero-order valence-electron chi connectivity index (χ0n) is 10.8. The largest absolute Gasteiger partial charge is 0.423 e. The molecule has 102 valence electrons. The van der Waals surface area contributed by atoms with Gasteiger partial charge in [-0.3, -0.25) is 0 Å². The molecule has 0 fully saturated rings. The summed E-state index contributed by atoms with van der Waals surface area (Å²) in [7, 11) is 0. The number of carbonyl (C=O) groups excluding carboxylic acids is 1. The highest BCUT2D eigenvalue weighted by Crippen LogP contribution is 2.25. The Balaban J connectivity index is 2.08. The molecule has 0 saturated carbocycles. The van der Waals surface area contributed by atoms with Crippen molar-refractivity contribution < 1.29 is 9.53 Å². The van der Waals surface area contributed by atoms with E-state index in [2.05, 4.69) is 0 Å². The molecular formula is C16H12Cl2O2. The van der Waals surface area contributed by atoms with Gasteiger partial charge in [-0.2, -0.15) is 0 Å². The number of benzene rings is 2. The van der Waals surface area contributed by atoms with E-state index in [1.165, 1.54) is 6.08 Å². The molecule has 0 aliphatic carbocycles. The molecule has 0 aliphatic heterocycles. The number of hydrogen-bond acceptors (Lipinski definition) is 2. The van der Waals surface area contributed by atoms with Gasteiger partial charge in [0.25, 0.3) is 0 Å². The van der Waals surface area contributed by atoms with Gasteiger partial charge in [0.05, 0.1) is 0 Å². The lowest BCUT2D eigenvalue weighted by atomic mass is 10.2. The molecule has 0 N–H and O–H groups in total. The third-order valence-electron chi connectivity index (χ3n) is 2.63. The highest BCUT2D eigenvalue weighted by Gasteiger charge is 2.04. The maximum absolute atomic E-state index is 11.7. The van der Waals surface area contributed by atoms with Crippen molar-refractivity contribution in [2.24, 2.45) is 0 Å². The first-order chi connectivity index (χ1) is 9.56. The molecule has 0 spiro atoms. The van der Waals surface area contributed by atoms with Crippen LogP contribution in [0.1, 0.15) is 11.1 Å². The van der Waals surface area contributed by atoms with Gasteiger partial charge in [0.15, 0.2) is 0 Å². The van der Waals surface area contributed by atoms with E-state index in [0.717, 1.165) is 5.56 Å². The van der Waals surface area contributed by atoms with Gasteiger partial charge in [-0.1, -0.05) is 47.0 Å². The van der Waals surface area contributed by atoms with Gasteiger partial charge < -0.3 is 4.74 Å². The van der Waals surface area contributed by atoms with E-state index < -0.39 is 5.97 Å². The minimum Gasteiger partial charge on any atom is -0.423 e. The van der Waals surface area contributed by atoms with Gasteiger partial charge >= 0.3 is 5.97 Å². The fourth-order valence-electron chi connectivity index (χ4n) is 1.58. The summed E-state index contributed by atoms with van der Waals surface area (Å²) in [6.45, 7) is 1.96.